The van der Waals surface area contributed by atoms with E-state index in [-0.39, 0.29) is 93.4 Å². The van der Waals surface area contributed by atoms with Crippen molar-refractivity contribution in [1.82, 2.24) is 10.2 Å². The molecule has 2 heterocycles. The Morgan fingerprint density at radius 3 is 1.90 bits per heavy atom. The Morgan fingerprint density at radius 1 is 0.845 bits per heavy atom. The molecule has 0 radical (unpaired) electrons. The van der Waals surface area contributed by atoms with Crippen molar-refractivity contribution in [1.29, 1.82) is 0 Å². The molecule has 2 atom stereocenters. The van der Waals surface area contributed by atoms with Crippen LogP contribution in [0.15, 0.2) is 68.0 Å². The number of carbonyl (C=O) groups excluding carboxylic acids is 7. The maximum atomic E-state index is 12.3. The number of piperidine rings is 1. The number of carbonyl (C=O) groups is 7. The van der Waals surface area contributed by atoms with E-state index in [1.807, 2.05) is 37.3 Å². The molecule has 2 aliphatic heterocycles. The van der Waals surface area contributed by atoms with Gasteiger partial charge >= 0.3 is 11.9 Å². The smallest absolute Gasteiger partial charge is 0.338 e. The third-order valence-electron chi connectivity index (χ3n) is 8.37. The number of nitrogens with one attached hydrogen (secondary N) is 1. The van der Waals surface area contributed by atoms with Crippen LogP contribution in [-0.4, -0.2) is 72.4 Å². The summed E-state index contributed by atoms with van der Waals surface area (Å²) in [4.78, 5) is 80.5. The number of amides is 3. The number of hydrogen-bond donors (Lipinski definition) is 2. The molecular weight excluding hydrogens is 1090 g/mol. The molecule has 0 spiro atoms. The predicted molar refractivity (Wildman–Crippen MR) is 249 cm³/mol. The first-order valence-corrected chi connectivity index (χ1v) is 21.1. The third kappa shape index (κ3) is 16.2. The number of ketones is 2. The van der Waals surface area contributed by atoms with E-state index in [0.717, 1.165) is 30.1 Å². The fourth-order valence-corrected chi connectivity index (χ4v) is 7.72. The lowest BCUT2D eigenvalue weighted by Gasteiger charge is -2.29. The monoisotopic (exact) mass is 1130 g/mol. The number of Topliss-reactive ketones (excluding diaryl/α,β-unsaturated/α-hetero) is 2. The van der Waals surface area contributed by atoms with E-state index in [1.165, 1.54) is 19.1 Å². The molecule has 318 valence electrons. The number of halogens is 5. The highest BCUT2D eigenvalue weighted by Crippen LogP contribution is 2.32. The highest BCUT2D eigenvalue weighted by molar-refractivity contribution is 9.11. The minimum absolute atomic E-state index is 0. The van der Waals surface area contributed by atoms with Crippen molar-refractivity contribution >= 4 is 153 Å². The van der Waals surface area contributed by atoms with Crippen LogP contribution in [0.4, 0.5) is 0 Å². The molecule has 6 rings (SSSR count). The highest BCUT2D eigenvalue weighted by Gasteiger charge is 2.39. The van der Waals surface area contributed by atoms with E-state index in [1.54, 1.807) is 24.3 Å². The fraction of sp³-hybridized carbons (Fsp3) is 0.342. The summed E-state index contributed by atoms with van der Waals surface area (Å²) in [6.45, 7) is 2.28. The van der Waals surface area contributed by atoms with Crippen molar-refractivity contribution in [2.45, 2.75) is 70.4 Å². The van der Waals surface area contributed by atoms with Gasteiger partial charge in [-0.2, -0.15) is 13.5 Å². The van der Waals surface area contributed by atoms with Gasteiger partial charge in [-0.05, 0) is 72.9 Å². The number of esters is 2. The van der Waals surface area contributed by atoms with Crippen LogP contribution >= 0.6 is 89.6 Å². The van der Waals surface area contributed by atoms with Crippen LogP contribution in [0.5, 0.6) is 0 Å². The van der Waals surface area contributed by atoms with E-state index >= 15 is 0 Å². The number of benzene rings is 3. The third-order valence-corrected chi connectivity index (χ3v) is 11.3. The summed E-state index contributed by atoms with van der Waals surface area (Å²) >= 11 is 20.8. The first-order chi connectivity index (χ1) is 26.1. The van der Waals surface area contributed by atoms with E-state index in [9.17, 15) is 33.6 Å². The molecule has 3 aromatic carbocycles. The summed E-state index contributed by atoms with van der Waals surface area (Å²) in [5, 5.41) is 2.91. The van der Waals surface area contributed by atoms with Gasteiger partial charge in [0.25, 0.3) is 5.91 Å². The van der Waals surface area contributed by atoms with Crippen LogP contribution in [0.25, 0.3) is 0 Å². The zero-order valence-electron chi connectivity index (χ0n) is 30.7. The second-order valence-corrected chi connectivity index (χ2v) is 14.9. The van der Waals surface area contributed by atoms with Crippen LogP contribution in [0.1, 0.15) is 87.3 Å². The van der Waals surface area contributed by atoms with Crippen molar-refractivity contribution in [2.24, 2.45) is 5.73 Å². The van der Waals surface area contributed by atoms with Crippen molar-refractivity contribution in [2.75, 3.05) is 14.2 Å². The zero-order valence-corrected chi connectivity index (χ0v) is 40.5. The van der Waals surface area contributed by atoms with Crippen molar-refractivity contribution in [3.05, 3.63) is 101 Å². The summed E-state index contributed by atoms with van der Waals surface area (Å²) in [5.74, 6) is -1.48. The zero-order chi connectivity index (χ0) is 41.4. The number of imide groups is 1. The minimum atomic E-state index is -0.551. The van der Waals surface area contributed by atoms with Gasteiger partial charge < -0.3 is 20.1 Å². The molecule has 12 nitrogen and oxygen atoms in total. The minimum Gasteiger partial charge on any atom is -0.465 e. The summed E-state index contributed by atoms with van der Waals surface area (Å²) in [5.41, 5.74) is 9.88. The summed E-state index contributed by atoms with van der Waals surface area (Å²) in [7, 11) is 2.75. The van der Waals surface area contributed by atoms with Crippen molar-refractivity contribution < 1.29 is 43.0 Å². The molecule has 3 amide bonds. The molecule has 1 saturated carbocycles. The van der Waals surface area contributed by atoms with Gasteiger partial charge in [-0.15, -0.1) is 12.4 Å². The van der Waals surface area contributed by atoms with Gasteiger partial charge in [0.15, 0.2) is 5.78 Å². The first-order valence-electron chi connectivity index (χ1n) is 16.3. The number of alkyl halides is 1. The number of ether oxygens (including phenoxy) is 2. The summed E-state index contributed by atoms with van der Waals surface area (Å²) in [6, 6.07) is 15.4. The van der Waals surface area contributed by atoms with Gasteiger partial charge in [0.1, 0.15) is 11.8 Å². The van der Waals surface area contributed by atoms with E-state index in [2.05, 4.69) is 101 Å². The Balaban J connectivity index is 0. The molecule has 1 aliphatic carbocycles. The maximum Gasteiger partial charge on any atom is 0.338 e. The lowest BCUT2D eigenvalue weighted by atomic mass is 9.94. The quantitative estimate of drug-likeness (QED) is 0.113. The second kappa shape index (κ2) is 28.9. The summed E-state index contributed by atoms with van der Waals surface area (Å²) < 4.78 is 12.0. The molecule has 0 bridgehead atoms. The van der Waals surface area contributed by atoms with Gasteiger partial charge in [0.05, 0.1) is 37.8 Å². The van der Waals surface area contributed by atoms with Crippen LogP contribution in [0.2, 0.25) is 0 Å². The number of nitrogens with zero attached hydrogens (tertiary/aromatic N) is 1. The molecule has 1 saturated heterocycles. The largest absolute Gasteiger partial charge is 0.465 e. The van der Waals surface area contributed by atoms with Crippen LogP contribution in [0.3, 0.4) is 0 Å². The molecule has 0 aromatic heterocycles. The van der Waals surface area contributed by atoms with Crippen LogP contribution < -0.4 is 11.1 Å². The SMILES string of the molecule is C.COC(=O)c1cccc(Br)c1C.COC(=O)c1cccc(Br)c1CBr.Cl.NC1CCC(=O)CC1=O.O=C1CCC(N2Cc3c(Br)cccc3C2=O)C(=O)N1.S.S=S. The molecular formula is C38H44Br4ClN3O9S3. The van der Waals surface area contributed by atoms with E-state index < -0.39 is 6.04 Å². The molecule has 58 heavy (non-hydrogen) atoms. The Labute approximate surface area is 394 Å². The predicted octanol–water partition coefficient (Wildman–Crippen LogP) is 7.69. The van der Waals surface area contributed by atoms with Crippen LogP contribution in [-0.2, 0) is 62.9 Å². The molecule has 3 aliphatic rings. The lowest BCUT2D eigenvalue weighted by Crippen LogP contribution is -2.52. The Bertz CT molecular complexity index is 1940. The Hall–Kier alpha value is -2.49. The average molecular weight is 1140 g/mol. The Kier molecular flexibility index (Phi) is 28.7. The van der Waals surface area contributed by atoms with Gasteiger partial charge in [-0.25, -0.2) is 9.59 Å². The first kappa shape index (κ1) is 57.6. The van der Waals surface area contributed by atoms with Crippen LogP contribution in [0, 0.1) is 6.92 Å². The normalized spacial score (nSPS) is 16.1. The van der Waals surface area contributed by atoms with Gasteiger partial charge in [-0.3, -0.25) is 29.3 Å². The van der Waals surface area contributed by atoms with Crippen molar-refractivity contribution in [3.8, 4) is 0 Å². The van der Waals surface area contributed by atoms with Gasteiger partial charge in [0, 0.05) is 66.1 Å². The number of rotatable bonds is 4. The lowest BCUT2D eigenvalue weighted by molar-refractivity contribution is -0.137. The van der Waals surface area contributed by atoms with E-state index in [0.29, 0.717) is 47.8 Å². The average Bonchev–Trinajstić information content (AvgIpc) is 3.51. The number of fused-ring (bicyclic) bond motifs is 1. The topological polar surface area (TPSA) is 179 Å². The Morgan fingerprint density at radius 2 is 1.38 bits per heavy atom. The number of hydrogen-bond acceptors (Lipinski definition) is 12. The standard InChI is InChI=1S/C13H11BrN2O3.C9H8Br2O2.C9H9BrO2.C6H9NO2.CH4.ClH.S2.H2S/c14-9-3-1-2-7-8(9)6-16(13(7)19)10-4-5-11(17)15-12(10)18;1-13-9(12)6-3-2-4-8(11)7(6)5-10;1-6-7(9(11)12-2)4-3-5-8(6)10;7-5-2-1-4(8)3-6(5)9;;;1-2;/h1-3,10H,4-6H2,(H,15,17,18);2-4H,5H2,1H3;3-5H,1-2H3;5H,1-3,7H2;1H4;1H;;1H2. The van der Waals surface area contributed by atoms with E-state index in [4.69, 9.17) is 5.73 Å². The number of nitrogens with two attached hydrogens (primary N) is 1. The second-order valence-electron chi connectivity index (χ2n) is 11.8. The number of methoxy groups -OCH3 is 2. The van der Waals surface area contributed by atoms with Crippen molar-refractivity contribution in [3.63, 3.8) is 0 Å². The molecule has 3 N–H and O–H groups in total. The molecule has 2 unspecified atom stereocenters. The fourth-order valence-electron chi connectivity index (χ4n) is 5.37. The highest BCUT2D eigenvalue weighted by atomic mass is 79.9. The summed E-state index contributed by atoms with van der Waals surface area (Å²) in [6.07, 6.45) is 1.74. The molecule has 3 aromatic rings. The maximum absolute atomic E-state index is 12.3. The van der Waals surface area contributed by atoms with Gasteiger partial charge in [-0.1, -0.05) is 89.3 Å². The molecule has 20 heteroatoms. The van der Waals surface area contributed by atoms with Gasteiger partial charge in [0.2, 0.25) is 11.8 Å². The molecule has 2 fully saturated rings.